The van der Waals surface area contributed by atoms with Crippen LogP contribution in [0.3, 0.4) is 0 Å². The summed E-state index contributed by atoms with van der Waals surface area (Å²) in [4.78, 5) is 23.3. The highest BCUT2D eigenvalue weighted by Gasteiger charge is 2.13. The maximum atomic E-state index is 11.9. The second-order valence-electron chi connectivity index (χ2n) is 3.26. The minimum Gasteiger partial charge on any atom is -0.397 e. The van der Waals surface area contributed by atoms with Gasteiger partial charge in [-0.05, 0) is 12.1 Å². The molecule has 2 aromatic rings. The van der Waals surface area contributed by atoms with E-state index in [1.807, 2.05) is 0 Å². The second kappa shape index (κ2) is 5.16. The summed E-state index contributed by atoms with van der Waals surface area (Å²) < 4.78 is 0. The van der Waals surface area contributed by atoms with E-state index in [0.717, 1.165) is 0 Å². The lowest BCUT2D eigenvalue weighted by Crippen LogP contribution is -2.15. The first-order chi connectivity index (χ1) is 8.56. The molecule has 18 heavy (non-hydrogen) atoms. The molecule has 3 N–H and O–H groups in total. The van der Waals surface area contributed by atoms with Gasteiger partial charge in [-0.25, -0.2) is 15.0 Å². The van der Waals surface area contributed by atoms with Crippen LogP contribution < -0.4 is 11.1 Å². The van der Waals surface area contributed by atoms with Crippen LogP contribution in [0.5, 0.6) is 0 Å². The highest BCUT2D eigenvalue weighted by Crippen LogP contribution is 2.17. The van der Waals surface area contributed by atoms with E-state index in [0.29, 0.717) is 5.69 Å². The average Bonchev–Trinajstić information content (AvgIpc) is 2.32. The van der Waals surface area contributed by atoms with Crippen molar-refractivity contribution >= 4 is 40.7 Å². The van der Waals surface area contributed by atoms with Crippen LogP contribution in [0.4, 0.5) is 11.6 Å². The van der Waals surface area contributed by atoms with Crippen molar-refractivity contribution in [3.63, 3.8) is 0 Å². The number of hydrogen-bond acceptors (Lipinski definition) is 5. The van der Waals surface area contributed by atoms with Gasteiger partial charge in [0.05, 0.1) is 17.4 Å². The SMILES string of the molecule is Nc1cnc(Cl)c(C(=O)Nc2nccc(Cl)n2)c1. The lowest BCUT2D eigenvalue weighted by atomic mass is 10.2. The number of carbonyl (C=O) groups is 1. The summed E-state index contributed by atoms with van der Waals surface area (Å²) in [6, 6.07) is 2.90. The van der Waals surface area contributed by atoms with Crippen LogP contribution in [0.1, 0.15) is 10.4 Å². The zero-order valence-electron chi connectivity index (χ0n) is 8.89. The maximum absolute atomic E-state index is 11.9. The molecule has 0 saturated heterocycles. The monoisotopic (exact) mass is 283 g/mol. The number of halogens is 2. The molecule has 2 heterocycles. The molecule has 0 spiro atoms. The van der Waals surface area contributed by atoms with Crippen molar-refractivity contribution in [3.05, 3.63) is 40.4 Å². The summed E-state index contributed by atoms with van der Waals surface area (Å²) in [7, 11) is 0. The predicted octanol–water partition coefficient (Wildman–Crippen LogP) is 2.01. The minimum atomic E-state index is -0.512. The van der Waals surface area contributed by atoms with Gasteiger partial charge >= 0.3 is 0 Å². The molecule has 0 saturated carbocycles. The highest BCUT2D eigenvalue weighted by atomic mass is 35.5. The fraction of sp³-hybridized carbons (Fsp3) is 0. The lowest BCUT2D eigenvalue weighted by Gasteiger charge is -2.05. The third-order valence-electron chi connectivity index (χ3n) is 1.95. The molecule has 6 nitrogen and oxygen atoms in total. The van der Waals surface area contributed by atoms with Gasteiger partial charge < -0.3 is 5.73 Å². The van der Waals surface area contributed by atoms with Crippen LogP contribution >= 0.6 is 23.2 Å². The third-order valence-corrected chi connectivity index (χ3v) is 2.46. The van der Waals surface area contributed by atoms with E-state index in [-0.39, 0.29) is 21.8 Å². The number of nitrogen functional groups attached to an aromatic ring is 1. The van der Waals surface area contributed by atoms with Crippen molar-refractivity contribution in [1.29, 1.82) is 0 Å². The molecule has 92 valence electrons. The van der Waals surface area contributed by atoms with E-state index < -0.39 is 5.91 Å². The number of anilines is 2. The molecule has 0 fully saturated rings. The molecule has 0 unspecified atom stereocenters. The molecule has 0 aliphatic carbocycles. The Labute approximate surface area is 112 Å². The van der Waals surface area contributed by atoms with E-state index in [1.165, 1.54) is 24.5 Å². The fourth-order valence-corrected chi connectivity index (χ4v) is 1.51. The Bertz CT molecular complexity index is 605. The summed E-state index contributed by atoms with van der Waals surface area (Å²) in [6.07, 6.45) is 2.78. The summed E-state index contributed by atoms with van der Waals surface area (Å²) >= 11 is 11.5. The number of nitrogens with one attached hydrogen (secondary N) is 1. The molecule has 1 amide bonds. The van der Waals surface area contributed by atoms with Crippen LogP contribution in [-0.4, -0.2) is 20.9 Å². The van der Waals surface area contributed by atoms with Crippen molar-refractivity contribution in [1.82, 2.24) is 15.0 Å². The molecule has 0 radical (unpaired) electrons. The Hall–Kier alpha value is -1.92. The maximum Gasteiger partial charge on any atom is 0.261 e. The summed E-state index contributed by atoms with van der Waals surface area (Å²) in [5, 5.41) is 2.71. The Balaban J connectivity index is 2.24. The lowest BCUT2D eigenvalue weighted by molar-refractivity contribution is 0.102. The largest absolute Gasteiger partial charge is 0.397 e. The van der Waals surface area contributed by atoms with Crippen molar-refractivity contribution in [2.24, 2.45) is 0 Å². The Kier molecular flexibility index (Phi) is 3.59. The van der Waals surface area contributed by atoms with Gasteiger partial charge in [0.2, 0.25) is 5.95 Å². The molecule has 8 heteroatoms. The van der Waals surface area contributed by atoms with E-state index in [9.17, 15) is 4.79 Å². The fourth-order valence-electron chi connectivity index (χ4n) is 1.19. The van der Waals surface area contributed by atoms with Crippen LogP contribution in [0, 0.1) is 0 Å². The second-order valence-corrected chi connectivity index (χ2v) is 4.01. The third kappa shape index (κ3) is 2.85. The first-order valence-electron chi connectivity index (χ1n) is 4.77. The molecule has 2 aromatic heterocycles. The predicted molar refractivity (Wildman–Crippen MR) is 68.7 cm³/mol. The van der Waals surface area contributed by atoms with Gasteiger partial charge in [-0.2, -0.15) is 0 Å². The Morgan fingerprint density at radius 3 is 2.83 bits per heavy atom. The van der Waals surface area contributed by atoms with Gasteiger partial charge in [0.15, 0.2) is 0 Å². The molecule has 2 rings (SSSR count). The van der Waals surface area contributed by atoms with Crippen LogP contribution in [-0.2, 0) is 0 Å². The summed E-state index contributed by atoms with van der Waals surface area (Å²) in [6.45, 7) is 0. The number of aromatic nitrogens is 3. The zero-order valence-corrected chi connectivity index (χ0v) is 10.4. The molecule has 0 bridgehead atoms. The normalized spacial score (nSPS) is 10.1. The topological polar surface area (TPSA) is 93.8 Å². The van der Waals surface area contributed by atoms with Crippen molar-refractivity contribution in [3.8, 4) is 0 Å². The van der Waals surface area contributed by atoms with Gasteiger partial charge in [-0.3, -0.25) is 10.1 Å². The van der Waals surface area contributed by atoms with E-state index in [4.69, 9.17) is 28.9 Å². The molecular weight excluding hydrogens is 277 g/mol. The number of hydrogen-bond donors (Lipinski definition) is 2. The van der Waals surface area contributed by atoms with Gasteiger partial charge in [0.1, 0.15) is 10.3 Å². The van der Waals surface area contributed by atoms with E-state index >= 15 is 0 Å². The summed E-state index contributed by atoms with van der Waals surface area (Å²) in [5.41, 5.74) is 6.00. The Morgan fingerprint density at radius 1 is 1.33 bits per heavy atom. The van der Waals surface area contributed by atoms with Crippen molar-refractivity contribution < 1.29 is 4.79 Å². The van der Waals surface area contributed by atoms with E-state index in [1.54, 1.807) is 0 Å². The molecule has 0 aliphatic rings. The van der Waals surface area contributed by atoms with Crippen LogP contribution in [0.2, 0.25) is 10.3 Å². The van der Waals surface area contributed by atoms with Gasteiger partial charge in [-0.15, -0.1) is 0 Å². The molecule has 0 aliphatic heterocycles. The zero-order chi connectivity index (χ0) is 13.1. The smallest absolute Gasteiger partial charge is 0.261 e. The molecule has 0 aromatic carbocycles. The van der Waals surface area contributed by atoms with E-state index in [2.05, 4.69) is 20.3 Å². The minimum absolute atomic E-state index is 0.0451. The summed E-state index contributed by atoms with van der Waals surface area (Å²) in [5.74, 6) is -0.437. The Morgan fingerprint density at radius 2 is 2.11 bits per heavy atom. The van der Waals surface area contributed by atoms with Crippen LogP contribution in [0.25, 0.3) is 0 Å². The molecule has 0 atom stereocenters. The van der Waals surface area contributed by atoms with Gasteiger partial charge in [0.25, 0.3) is 5.91 Å². The first kappa shape index (κ1) is 12.5. The standard InChI is InChI=1S/C10H7Cl2N5O/c11-7-1-2-14-10(16-7)17-9(18)6-3-5(13)4-15-8(6)12/h1-4H,13H2,(H,14,16,17,18). The molecular formula is C10H7Cl2N5O. The first-order valence-corrected chi connectivity index (χ1v) is 5.53. The number of rotatable bonds is 2. The highest BCUT2D eigenvalue weighted by molar-refractivity contribution is 6.33. The quantitative estimate of drug-likeness (QED) is 0.650. The van der Waals surface area contributed by atoms with Gasteiger partial charge in [-0.1, -0.05) is 23.2 Å². The number of amides is 1. The average molecular weight is 284 g/mol. The number of nitrogens with zero attached hydrogens (tertiary/aromatic N) is 3. The van der Waals surface area contributed by atoms with Crippen molar-refractivity contribution in [2.75, 3.05) is 11.1 Å². The van der Waals surface area contributed by atoms with Crippen molar-refractivity contribution in [2.45, 2.75) is 0 Å². The van der Waals surface area contributed by atoms with Gasteiger partial charge in [0, 0.05) is 6.20 Å². The number of nitrogens with two attached hydrogens (primary N) is 1. The van der Waals surface area contributed by atoms with Crippen LogP contribution in [0.15, 0.2) is 24.5 Å². The number of pyridine rings is 1. The number of carbonyl (C=O) groups excluding carboxylic acids is 1.